The maximum absolute atomic E-state index is 14.0. The van der Waals surface area contributed by atoms with E-state index in [4.69, 9.17) is 0 Å². The summed E-state index contributed by atoms with van der Waals surface area (Å²) < 4.78 is 27.0. The molecule has 0 bridgehead atoms. The summed E-state index contributed by atoms with van der Waals surface area (Å²) in [4.78, 5) is 16.1. The number of aromatic nitrogens is 1. The van der Waals surface area contributed by atoms with Crippen molar-refractivity contribution in [3.8, 4) is 0 Å². The summed E-state index contributed by atoms with van der Waals surface area (Å²) >= 11 is 0. The van der Waals surface area contributed by atoms with Gasteiger partial charge in [0, 0.05) is 6.20 Å². The second-order valence-corrected chi connectivity index (χ2v) is 6.29. The van der Waals surface area contributed by atoms with Crippen molar-refractivity contribution in [1.82, 2.24) is 10.5 Å². The molecule has 126 valence electrons. The van der Waals surface area contributed by atoms with Crippen LogP contribution in [0.4, 0.5) is 8.78 Å². The van der Waals surface area contributed by atoms with Gasteiger partial charge in [0.15, 0.2) is 0 Å². The summed E-state index contributed by atoms with van der Waals surface area (Å²) in [6.45, 7) is 1.63. The lowest BCUT2D eigenvalue weighted by molar-refractivity contribution is -0.135. The molecule has 1 aromatic carbocycles. The minimum absolute atomic E-state index is 0.0157. The zero-order valence-corrected chi connectivity index (χ0v) is 13.2. The van der Waals surface area contributed by atoms with Crippen molar-refractivity contribution in [2.45, 2.75) is 37.5 Å². The Kier molecular flexibility index (Phi) is 4.32. The number of benzene rings is 1. The molecule has 3 rings (SSSR count). The number of hydrogen-bond donors (Lipinski definition) is 2. The average molecular weight is 332 g/mol. The standard InChI is InChI=1S/C18H18F2N2O2/c1-11-14(3-2-4-15(11)19)18(17(23)22-24)8-7-12(9-18)13-5-6-16(20)21-10-13/h2-6,10,12,24H,7-9H2,1H3,(H,22,23)/t12-,18+/m1/s1. The highest BCUT2D eigenvalue weighted by Crippen LogP contribution is 2.49. The van der Waals surface area contributed by atoms with Crippen molar-refractivity contribution >= 4 is 5.91 Å². The zero-order valence-electron chi connectivity index (χ0n) is 13.2. The summed E-state index contributed by atoms with van der Waals surface area (Å²) in [7, 11) is 0. The van der Waals surface area contributed by atoms with E-state index in [-0.39, 0.29) is 11.7 Å². The summed E-state index contributed by atoms with van der Waals surface area (Å²) in [5, 5.41) is 9.22. The predicted octanol–water partition coefficient (Wildman–Crippen LogP) is 3.38. The van der Waals surface area contributed by atoms with Crippen LogP contribution in [0.3, 0.4) is 0 Å². The average Bonchev–Trinajstić information content (AvgIpc) is 3.03. The van der Waals surface area contributed by atoms with Crippen molar-refractivity contribution in [2.24, 2.45) is 0 Å². The maximum Gasteiger partial charge on any atom is 0.254 e. The molecule has 0 unspecified atom stereocenters. The molecule has 24 heavy (non-hydrogen) atoms. The Bertz CT molecular complexity index is 764. The highest BCUT2D eigenvalue weighted by Gasteiger charge is 2.48. The smallest absolute Gasteiger partial charge is 0.254 e. The van der Waals surface area contributed by atoms with Crippen LogP contribution in [0.1, 0.15) is 41.9 Å². The van der Waals surface area contributed by atoms with Crippen molar-refractivity contribution in [3.63, 3.8) is 0 Å². The number of carbonyl (C=O) groups is 1. The van der Waals surface area contributed by atoms with Crippen molar-refractivity contribution in [2.75, 3.05) is 0 Å². The summed E-state index contributed by atoms with van der Waals surface area (Å²) in [6.07, 6.45) is 2.99. The van der Waals surface area contributed by atoms with Gasteiger partial charge < -0.3 is 0 Å². The van der Waals surface area contributed by atoms with E-state index < -0.39 is 17.3 Å². The van der Waals surface area contributed by atoms with E-state index in [1.807, 2.05) is 0 Å². The van der Waals surface area contributed by atoms with E-state index in [1.54, 1.807) is 30.6 Å². The Balaban J connectivity index is 2.01. The Morgan fingerprint density at radius 2 is 2.12 bits per heavy atom. The number of pyridine rings is 1. The molecule has 1 fully saturated rings. The molecule has 1 heterocycles. The Labute approximate surface area is 138 Å². The fraction of sp³-hybridized carbons (Fsp3) is 0.333. The van der Waals surface area contributed by atoms with Crippen LogP contribution in [-0.2, 0) is 10.2 Å². The number of nitrogens with zero attached hydrogens (tertiary/aromatic N) is 1. The molecular weight excluding hydrogens is 314 g/mol. The molecule has 1 saturated carbocycles. The summed E-state index contributed by atoms with van der Waals surface area (Å²) in [5.41, 5.74) is 2.53. The van der Waals surface area contributed by atoms with Gasteiger partial charge in [0.25, 0.3) is 5.91 Å². The molecule has 0 aliphatic heterocycles. The molecule has 2 N–H and O–H groups in total. The summed E-state index contributed by atoms with van der Waals surface area (Å²) in [6, 6.07) is 7.57. The first-order chi connectivity index (χ1) is 11.5. The van der Waals surface area contributed by atoms with Gasteiger partial charge in [-0.15, -0.1) is 0 Å². The monoisotopic (exact) mass is 332 g/mol. The van der Waals surface area contributed by atoms with Crippen LogP contribution in [0.25, 0.3) is 0 Å². The second kappa shape index (κ2) is 6.28. The largest absolute Gasteiger partial charge is 0.289 e. The highest BCUT2D eigenvalue weighted by atomic mass is 19.1. The molecule has 2 atom stereocenters. The molecule has 1 amide bonds. The first-order valence-corrected chi connectivity index (χ1v) is 7.79. The molecular formula is C18H18F2N2O2. The maximum atomic E-state index is 14.0. The minimum atomic E-state index is -1.01. The lowest BCUT2D eigenvalue weighted by Crippen LogP contribution is -2.42. The van der Waals surface area contributed by atoms with E-state index >= 15 is 0 Å². The molecule has 1 aromatic heterocycles. The lowest BCUT2D eigenvalue weighted by Gasteiger charge is -2.29. The highest BCUT2D eigenvalue weighted by molar-refractivity contribution is 5.88. The number of nitrogens with one attached hydrogen (secondary N) is 1. The van der Waals surface area contributed by atoms with Gasteiger partial charge in [-0.1, -0.05) is 18.2 Å². The Hall–Kier alpha value is -2.34. The first kappa shape index (κ1) is 16.5. The van der Waals surface area contributed by atoms with Gasteiger partial charge in [-0.3, -0.25) is 10.0 Å². The fourth-order valence-corrected chi connectivity index (χ4v) is 3.76. The van der Waals surface area contributed by atoms with E-state index in [0.717, 1.165) is 5.56 Å². The number of carbonyl (C=O) groups excluding carboxylic acids is 1. The summed E-state index contributed by atoms with van der Waals surface area (Å²) in [5.74, 6) is -1.51. The lowest BCUT2D eigenvalue weighted by atomic mass is 9.75. The van der Waals surface area contributed by atoms with Crippen LogP contribution < -0.4 is 5.48 Å². The first-order valence-electron chi connectivity index (χ1n) is 7.79. The van der Waals surface area contributed by atoms with Gasteiger partial charge in [-0.25, -0.2) is 14.9 Å². The molecule has 0 spiro atoms. The Morgan fingerprint density at radius 3 is 2.79 bits per heavy atom. The van der Waals surface area contributed by atoms with Gasteiger partial charge >= 0.3 is 0 Å². The normalized spacial score (nSPS) is 23.2. The van der Waals surface area contributed by atoms with Crippen molar-refractivity contribution < 1.29 is 18.8 Å². The molecule has 0 saturated heterocycles. The van der Waals surface area contributed by atoms with Gasteiger partial charge in [0.1, 0.15) is 5.82 Å². The van der Waals surface area contributed by atoms with Gasteiger partial charge in [-0.05, 0) is 60.9 Å². The van der Waals surface area contributed by atoms with Crippen molar-refractivity contribution in [1.29, 1.82) is 0 Å². The number of hydrogen-bond acceptors (Lipinski definition) is 3. The van der Waals surface area contributed by atoms with E-state index in [0.29, 0.717) is 30.4 Å². The molecule has 1 aliphatic rings. The number of amides is 1. The van der Waals surface area contributed by atoms with Crippen molar-refractivity contribution in [3.05, 3.63) is 65.0 Å². The molecule has 6 heteroatoms. The topological polar surface area (TPSA) is 62.2 Å². The van der Waals surface area contributed by atoms with E-state index in [2.05, 4.69) is 4.98 Å². The molecule has 2 aromatic rings. The Morgan fingerprint density at radius 1 is 1.33 bits per heavy atom. The number of hydroxylamine groups is 1. The zero-order chi connectivity index (χ0) is 17.3. The molecule has 1 aliphatic carbocycles. The van der Waals surface area contributed by atoms with Crippen LogP contribution in [0, 0.1) is 18.7 Å². The number of rotatable bonds is 3. The third-order valence-corrected chi connectivity index (χ3v) is 5.06. The van der Waals surface area contributed by atoms with E-state index in [1.165, 1.54) is 18.3 Å². The van der Waals surface area contributed by atoms with Gasteiger partial charge in [-0.2, -0.15) is 4.39 Å². The van der Waals surface area contributed by atoms with Crippen LogP contribution in [0.15, 0.2) is 36.5 Å². The van der Waals surface area contributed by atoms with Gasteiger partial charge in [0.05, 0.1) is 5.41 Å². The van der Waals surface area contributed by atoms with Crippen LogP contribution in [0.2, 0.25) is 0 Å². The third-order valence-electron chi connectivity index (χ3n) is 5.06. The minimum Gasteiger partial charge on any atom is -0.289 e. The second-order valence-electron chi connectivity index (χ2n) is 6.29. The predicted molar refractivity (Wildman–Crippen MR) is 83.5 cm³/mol. The van der Waals surface area contributed by atoms with Crippen LogP contribution in [-0.4, -0.2) is 16.1 Å². The SMILES string of the molecule is Cc1c(F)cccc1[C@]1(C(=O)NO)CC[C@@H](c2ccc(F)nc2)C1. The van der Waals surface area contributed by atoms with Crippen LogP contribution in [0.5, 0.6) is 0 Å². The fourth-order valence-electron chi connectivity index (χ4n) is 3.76. The van der Waals surface area contributed by atoms with Crippen LogP contribution >= 0.6 is 0 Å². The number of halogens is 2. The van der Waals surface area contributed by atoms with E-state index in [9.17, 15) is 18.8 Å². The third kappa shape index (κ3) is 2.67. The van der Waals surface area contributed by atoms with Gasteiger partial charge in [0.2, 0.25) is 5.95 Å². The molecule has 0 radical (unpaired) electrons. The molecule has 4 nitrogen and oxygen atoms in total. The quantitative estimate of drug-likeness (QED) is 0.514.